The van der Waals surface area contributed by atoms with Gasteiger partial charge in [0.1, 0.15) is 6.04 Å². The quantitative estimate of drug-likeness (QED) is 0.557. The van der Waals surface area contributed by atoms with Gasteiger partial charge in [0.05, 0.1) is 11.8 Å². The summed E-state index contributed by atoms with van der Waals surface area (Å²) in [6.45, 7) is 9.06. The van der Waals surface area contributed by atoms with Gasteiger partial charge in [0.25, 0.3) is 0 Å². The fraction of sp³-hybridized carbons (Fsp3) is 0.722. The Morgan fingerprint density at radius 2 is 1.61 bits per heavy atom. The first kappa shape index (κ1) is 17.7. The molecule has 23 heavy (non-hydrogen) atoms. The summed E-state index contributed by atoms with van der Waals surface area (Å²) in [5.74, 6) is -0.720. The maximum Gasteiger partial charge on any atom is 0.245 e. The Hall–Kier alpha value is -1.65. The summed E-state index contributed by atoms with van der Waals surface area (Å²) >= 11 is 0. The van der Waals surface area contributed by atoms with Crippen LogP contribution in [-0.4, -0.2) is 46.7 Å². The van der Waals surface area contributed by atoms with Crippen molar-refractivity contribution in [1.82, 2.24) is 9.80 Å². The van der Waals surface area contributed by atoms with E-state index >= 15 is 0 Å². The summed E-state index contributed by atoms with van der Waals surface area (Å²) in [5.41, 5.74) is 0. The van der Waals surface area contributed by atoms with E-state index < -0.39 is 6.04 Å². The molecule has 0 N–H and O–H groups in total. The maximum atomic E-state index is 12.9. The van der Waals surface area contributed by atoms with Gasteiger partial charge in [0.15, 0.2) is 0 Å². The summed E-state index contributed by atoms with van der Waals surface area (Å²) in [5, 5.41) is 0. The van der Waals surface area contributed by atoms with E-state index in [1.165, 1.54) is 4.90 Å². The predicted molar refractivity (Wildman–Crippen MR) is 88.4 cm³/mol. The van der Waals surface area contributed by atoms with Gasteiger partial charge in [0.2, 0.25) is 17.7 Å². The summed E-state index contributed by atoms with van der Waals surface area (Å²) in [6.07, 6.45) is 5.69. The lowest BCUT2D eigenvalue weighted by molar-refractivity contribution is -0.152. The first-order chi connectivity index (χ1) is 10.9. The number of amides is 3. The molecule has 1 heterocycles. The van der Waals surface area contributed by atoms with E-state index in [9.17, 15) is 14.4 Å². The number of allylic oxidation sites excluding steroid dienone is 2. The van der Waals surface area contributed by atoms with Gasteiger partial charge >= 0.3 is 0 Å². The predicted octanol–water partition coefficient (Wildman–Crippen LogP) is 2.22. The number of rotatable bonds is 6. The standard InChI is InChI=1S/C18H28N2O3/c1-5-19(6-2)18(23)15(11-12(3)4)20-16(21)13-9-7-8-10-14(13)17(20)22/h7-8,12-15H,5-6,9-11H2,1-4H3. The van der Waals surface area contributed by atoms with Crippen LogP contribution in [0, 0.1) is 17.8 Å². The van der Waals surface area contributed by atoms with Gasteiger partial charge in [-0.05, 0) is 39.0 Å². The third kappa shape index (κ3) is 3.33. The second-order valence-corrected chi connectivity index (χ2v) is 6.86. The molecular formula is C18H28N2O3. The lowest BCUT2D eigenvalue weighted by atomic mass is 9.85. The largest absolute Gasteiger partial charge is 0.341 e. The Kier molecular flexibility index (Phi) is 5.60. The first-order valence-corrected chi connectivity index (χ1v) is 8.72. The molecule has 128 valence electrons. The van der Waals surface area contributed by atoms with Crippen LogP contribution in [0.2, 0.25) is 0 Å². The Labute approximate surface area is 138 Å². The van der Waals surface area contributed by atoms with E-state index in [0.29, 0.717) is 32.4 Å². The molecule has 5 nitrogen and oxygen atoms in total. The van der Waals surface area contributed by atoms with Crippen molar-refractivity contribution < 1.29 is 14.4 Å². The van der Waals surface area contributed by atoms with E-state index in [0.717, 1.165) is 0 Å². The third-order valence-electron chi connectivity index (χ3n) is 4.91. The molecule has 2 aliphatic rings. The molecule has 0 saturated carbocycles. The van der Waals surface area contributed by atoms with Crippen molar-refractivity contribution in [3.63, 3.8) is 0 Å². The molecule has 1 aliphatic carbocycles. The van der Waals surface area contributed by atoms with Crippen LogP contribution in [0.4, 0.5) is 0 Å². The maximum absolute atomic E-state index is 12.9. The monoisotopic (exact) mass is 320 g/mol. The van der Waals surface area contributed by atoms with Gasteiger partial charge in [-0.25, -0.2) is 0 Å². The van der Waals surface area contributed by atoms with Gasteiger partial charge in [0, 0.05) is 13.1 Å². The van der Waals surface area contributed by atoms with Gasteiger partial charge < -0.3 is 4.90 Å². The van der Waals surface area contributed by atoms with Crippen LogP contribution in [0.3, 0.4) is 0 Å². The Morgan fingerprint density at radius 3 is 2.00 bits per heavy atom. The lowest BCUT2D eigenvalue weighted by Crippen LogP contribution is -2.51. The van der Waals surface area contributed by atoms with Crippen LogP contribution in [0.1, 0.15) is 47.0 Å². The van der Waals surface area contributed by atoms with E-state index in [2.05, 4.69) is 0 Å². The molecule has 1 saturated heterocycles. The SMILES string of the molecule is CCN(CC)C(=O)C(CC(C)C)N1C(=O)C2CC=CCC2C1=O. The molecule has 2 rings (SSSR count). The van der Waals surface area contributed by atoms with Gasteiger partial charge in [-0.1, -0.05) is 26.0 Å². The molecule has 0 spiro atoms. The number of likely N-dealkylation sites (tertiary alicyclic amines) is 1. The number of likely N-dealkylation sites (N-methyl/N-ethyl adjacent to an activating group) is 1. The zero-order chi connectivity index (χ0) is 17.1. The zero-order valence-electron chi connectivity index (χ0n) is 14.6. The number of carbonyl (C=O) groups excluding carboxylic acids is 3. The second-order valence-electron chi connectivity index (χ2n) is 6.86. The smallest absolute Gasteiger partial charge is 0.245 e. The molecule has 3 amide bonds. The number of hydrogen-bond donors (Lipinski definition) is 0. The fourth-order valence-electron chi connectivity index (χ4n) is 3.64. The van der Waals surface area contributed by atoms with Crippen molar-refractivity contribution in [3.8, 4) is 0 Å². The van der Waals surface area contributed by atoms with Crippen molar-refractivity contribution in [2.45, 2.75) is 53.0 Å². The van der Waals surface area contributed by atoms with Gasteiger partial charge in [-0.15, -0.1) is 0 Å². The van der Waals surface area contributed by atoms with Crippen LogP contribution in [0.25, 0.3) is 0 Å². The Balaban J connectivity index is 2.30. The highest BCUT2D eigenvalue weighted by atomic mass is 16.2. The van der Waals surface area contributed by atoms with Crippen LogP contribution >= 0.6 is 0 Å². The summed E-state index contributed by atoms with van der Waals surface area (Å²) in [4.78, 5) is 41.5. The number of hydrogen-bond acceptors (Lipinski definition) is 3. The highest BCUT2D eigenvalue weighted by molar-refractivity contribution is 6.08. The second kappa shape index (κ2) is 7.28. The van der Waals surface area contributed by atoms with Crippen LogP contribution in [0.15, 0.2) is 12.2 Å². The Morgan fingerprint density at radius 1 is 1.13 bits per heavy atom. The Bertz CT molecular complexity index is 482. The summed E-state index contributed by atoms with van der Waals surface area (Å²) < 4.78 is 0. The molecule has 1 fully saturated rings. The minimum Gasteiger partial charge on any atom is -0.341 e. The van der Waals surface area contributed by atoms with Crippen molar-refractivity contribution in [2.75, 3.05) is 13.1 Å². The highest BCUT2D eigenvalue weighted by Crippen LogP contribution is 2.37. The fourth-order valence-corrected chi connectivity index (χ4v) is 3.64. The number of carbonyl (C=O) groups is 3. The molecular weight excluding hydrogens is 292 g/mol. The first-order valence-electron chi connectivity index (χ1n) is 8.72. The molecule has 0 aromatic heterocycles. The molecule has 3 atom stereocenters. The molecule has 1 aliphatic heterocycles. The van der Waals surface area contributed by atoms with E-state index in [4.69, 9.17) is 0 Å². The van der Waals surface area contributed by atoms with Gasteiger partial charge in [-0.2, -0.15) is 0 Å². The minimum atomic E-state index is -0.652. The highest BCUT2D eigenvalue weighted by Gasteiger charge is 2.51. The van der Waals surface area contributed by atoms with Crippen LogP contribution in [-0.2, 0) is 14.4 Å². The normalized spacial score (nSPS) is 25.0. The van der Waals surface area contributed by atoms with Crippen molar-refractivity contribution in [3.05, 3.63) is 12.2 Å². The zero-order valence-corrected chi connectivity index (χ0v) is 14.6. The minimum absolute atomic E-state index is 0.1000. The molecule has 0 aromatic rings. The van der Waals surface area contributed by atoms with Crippen molar-refractivity contribution >= 4 is 17.7 Å². The molecule has 0 bridgehead atoms. The molecule has 5 heteroatoms. The van der Waals surface area contributed by atoms with E-state index in [1.807, 2.05) is 39.8 Å². The van der Waals surface area contributed by atoms with Crippen molar-refractivity contribution in [2.24, 2.45) is 17.8 Å². The lowest BCUT2D eigenvalue weighted by Gasteiger charge is -2.31. The third-order valence-corrected chi connectivity index (χ3v) is 4.91. The summed E-state index contributed by atoms with van der Waals surface area (Å²) in [6, 6.07) is -0.652. The number of fused-ring (bicyclic) bond motifs is 1. The number of imide groups is 1. The average Bonchev–Trinajstić information content (AvgIpc) is 2.78. The van der Waals surface area contributed by atoms with Crippen molar-refractivity contribution in [1.29, 1.82) is 0 Å². The van der Waals surface area contributed by atoms with Crippen LogP contribution < -0.4 is 0 Å². The topological polar surface area (TPSA) is 57.7 Å². The molecule has 0 radical (unpaired) electrons. The molecule has 3 unspecified atom stereocenters. The average molecular weight is 320 g/mol. The summed E-state index contributed by atoms with van der Waals surface area (Å²) in [7, 11) is 0. The van der Waals surface area contributed by atoms with E-state index in [1.54, 1.807) is 4.90 Å². The molecule has 0 aromatic carbocycles. The van der Waals surface area contributed by atoms with E-state index in [-0.39, 0.29) is 35.5 Å². The van der Waals surface area contributed by atoms with Gasteiger partial charge in [-0.3, -0.25) is 19.3 Å². The number of nitrogens with zero attached hydrogens (tertiary/aromatic N) is 2. The van der Waals surface area contributed by atoms with Crippen LogP contribution in [0.5, 0.6) is 0 Å².